The topological polar surface area (TPSA) is 24.9 Å². The van der Waals surface area contributed by atoms with Crippen molar-refractivity contribution >= 4 is 39.4 Å². The quantitative estimate of drug-likeness (QED) is 0.878. The van der Waals surface area contributed by atoms with E-state index in [9.17, 15) is 0 Å². The van der Waals surface area contributed by atoms with Gasteiger partial charge in [-0.15, -0.1) is 22.7 Å². The van der Waals surface area contributed by atoms with Gasteiger partial charge in [-0.25, -0.2) is 4.98 Å². The fourth-order valence-electron chi connectivity index (χ4n) is 2.11. The fourth-order valence-corrected chi connectivity index (χ4v) is 3.98. The highest BCUT2D eigenvalue weighted by Crippen LogP contribution is 2.36. The van der Waals surface area contributed by atoms with Crippen LogP contribution in [0.4, 0.5) is 5.13 Å². The molecule has 0 saturated heterocycles. The third kappa shape index (κ3) is 1.97. The first-order chi connectivity index (χ1) is 7.83. The molecule has 5 heteroatoms. The number of nitrogens with zero attached hydrogens (tertiary/aromatic N) is 1. The Labute approximate surface area is 107 Å². The zero-order chi connectivity index (χ0) is 11.0. The van der Waals surface area contributed by atoms with E-state index in [4.69, 9.17) is 11.6 Å². The molecule has 1 aliphatic rings. The predicted molar refractivity (Wildman–Crippen MR) is 70.7 cm³/mol. The maximum atomic E-state index is 5.82. The summed E-state index contributed by atoms with van der Waals surface area (Å²) in [5.41, 5.74) is 1.45. The second-order valence-electron chi connectivity index (χ2n) is 3.86. The van der Waals surface area contributed by atoms with Gasteiger partial charge >= 0.3 is 0 Å². The van der Waals surface area contributed by atoms with Crippen molar-refractivity contribution in [1.82, 2.24) is 4.98 Å². The van der Waals surface area contributed by atoms with E-state index in [0.29, 0.717) is 11.2 Å². The summed E-state index contributed by atoms with van der Waals surface area (Å²) < 4.78 is 0. The summed E-state index contributed by atoms with van der Waals surface area (Å²) in [4.78, 5) is 5.76. The minimum absolute atomic E-state index is 0.414. The monoisotopic (exact) mass is 270 g/mol. The van der Waals surface area contributed by atoms with Gasteiger partial charge in [-0.2, -0.15) is 0 Å². The summed E-state index contributed by atoms with van der Waals surface area (Å²) in [6.45, 7) is 0. The molecule has 0 spiro atoms. The van der Waals surface area contributed by atoms with Crippen molar-refractivity contribution in [3.8, 4) is 0 Å². The first-order valence-electron chi connectivity index (χ1n) is 5.27. The Hall–Kier alpha value is -0.580. The molecule has 2 nitrogen and oxygen atoms in total. The van der Waals surface area contributed by atoms with Crippen LogP contribution in [0, 0.1) is 0 Å². The molecule has 0 saturated carbocycles. The van der Waals surface area contributed by atoms with E-state index < -0.39 is 0 Å². The largest absolute Gasteiger partial charge is 0.355 e. The highest BCUT2D eigenvalue weighted by Gasteiger charge is 2.21. The Kier molecular flexibility index (Phi) is 2.88. The van der Waals surface area contributed by atoms with Crippen molar-refractivity contribution in [1.29, 1.82) is 0 Å². The first kappa shape index (κ1) is 10.6. The molecule has 0 aliphatic heterocycles. The van der Waals surface area contributed by atoms with Crippen LogP contribution in [0.2, 0.25) is 5.15 Å². The lowest BCUT2D eigenvalue weighted by molar-refractivity contribution is 0.608. The number of hydrogen-bond acceptors (Lipinski definition) is 4. The van der Waals surface area contributed by atoms with Crippen molar-refractivity contribution in [3.63, 3.8) is 0 Å². The van der Waals surface area contributed by atoms with Gasteiger partial charge in [-0.05, 0) is 36.3 Å². The molecule has 84 valence electrons. The summed E-state index contributed by atoms with van der Waals surface area (Å²) in [5.74, 6) is 0. The van der Waals surface area contributed by atoms with Crippen LogP contribution in [0.15, 0.2) is 16.8 Å². The fraction of sp³-hybridized carbons (Fsp3) is 0.364. The van der Waals surface area contributed by atoms with Gasteiger partial charge in [0.2, 0.25) is 0 Å². The van der Waals surface area contributed by atoms with E-state index in [0.717, 1.165) is 5.13 Å². The van der Waals surface area contributed by atoms with Crippen molar-refractivity contribution in [2.24, 2.45) is 0 Å². The molecule has 0 radical (unpaired) electrons. The van der Waals surface area contributed by atoms with Crippen molar-refractivity contribution < 1.29 is 0 Å². The lowest BCUT2D eigenvalue weighted by Crippen LogP contribution is -2.15. The second-order valence-corrected chi connectivity index (χ2v) is 6.11. The molecule has 1 unspecified atom stereocenters. The maximum Gasteiger partial charge on any atom is 0.184 e. The van der Waals surface area contributed by atoms with Crippen LogP contribution in [0.5, 0.6) is 0 Å². The van der Waals surface area contributed by atoms with Gasteiger partial charge in [0.1, 0.15) is 5.15 Å². The van der Waals surface area contributed by atoms with Crippen LogP contribution in [-0.2, 0) is 6.42 Å². The number of rotatable bonds is 2. The molecule has 2 aromatic heterocycles. The van der Waals surface area contributed by atoms with Gasteiger partial charge in [0.05, 0.1) is 6.04 Å². The van der Waals surface area contributed by atoms with Crippen molar-refractivity contribution in [2.45, 2.75) is 25.3 Å². The van der Waals surface area contributed by atoms with Gasteiger partial charge in [-0.1, -0.05) is 11.6 Å². The Morgan fingerprint density at radius 1 is 1.44 bits per heavy atom. The average Bonchev–Trinajstić information content (AvgIpc) is 2.87. The van der Waals surface area contributed by atoms with E-state index >= 15 is 0 Å². The van der Waals surface area contributed by atoms with Crippen LogP contribution < -0.4 is 5.32 Å². The van der Waals surface area contributed by atoms with E-state index in [1.54, 1.807) is 11.3 Å². The zero-order valence-corrected chi connectivity index (χ0v) is 11.0. The van der Waals surface area contributed by atoms with Gasteiger partial charge in [0, 0.05) is 10.3 Å². The smallest absolute Gasteiger partial charge is 0.184 e. The molecule has 2 heterocycles. The third-order valence-electron chi connectivity index (χ3n) is 2.83. The van der Waals surface area contributed by atoms with Crippen LogP contribution in [0.1, 0.15) is 29.3 Å². The number of anilines is 1. The molecule has 1 atom stereocenters. The normalized spacial score (nSPS) is 19.4. The van der Waals surface area contributed by atoms with E-state index in [2.05, 4.69) is 21.7 Å². The molecule has 2 aromatic rings. The van der Waals surface area contributed by atoms with Gasteiger partial charge in [0.15, 0.2) is 5.13 Å². The van der Waals surface area contributed by atoms with Crippen molar-refractivity contribution in [3.05, 3.63) is 32.4 Å². The number of nitrogens with one attached hydrogen (secondary N) is 1. The zero-order valence-electron chi connectivity index (χ0n) is 8.57. The molecule has 3 rings (SSSR count). The molecular formula is C11H11ClN2S2. The summed E-state index contributed by atoms with van der Waals surface area (Å²) in [7, 11) is 0. The molecule has 0 fully saturated rings. The predicted octanol–water partition coefficient (Wildman–Crippen LogP) is 4.35. The van der Waals surface area contributed by atoms with Crippen LogP contribution >= 0.6 is 34.3 Å². The Morgan fingerprint density at radius 2 is 2.38 bits per heavy atom. The standard InChI is InChI=1S/C11H11ClN2S2/c12-10-6-16-11(14-10)13-8-2-1-3-9-7(8)4-5-15-9/h4-6,8H,1-3H2,(H,13,14). The Morgan fingerprint density at radius 3 is 3.19 bits per heavy atom. The molecule has 0 amide bonds. The lowest BCUT2D eigenvalue weighted by Gasteiger charge is -2.23. The van der Waals surface area contributed by atoms with E-state index in [1.165, 1.54) is 29.7 Å². The molecule has 1 aliphatic carbocycles. The van der Waals surface area contributed by atoms with Crippen LogP contribution in [-0.4, -0.2) is 4.98 Å². The highest BCUT2D eigenvalue weighted by atomic mass is 35.5. The van der Waals surface area contributed by atoms with Crippen LogP contribution in [0.25, 0.3) is 0 Å². The average molecular weight is 271 g/mol. The van der Waals surface area contributed by atoms with Gasteiger partial charge < -0.3 is 5.32 Å². The number of halogens is 1. The van der Waals surface area contributed by atoms with Crippen molar-refractivity contribution in [2.75, 3.05) is 5.32 Å². The summed E-state index contributed by atoms with van der Waals surface area (Å²) >= 11 is 9.25. The Balaban J connectivity index is 1.82. The number of aryl methyl sites for hydroxylation is 1. The number of aromatic nitrogens is 1. The number of thiophene rings is 1. The van der Waals surface area contributed by atoms with Gasteiger partial charge in [0.25, 0.3) is 0 Å². The minimum Gasteiger partial charge on any atom is -0.355 e. The molecule has 0 aromatic carbocycles. The van der Waals surface area contributed by atoms with E-state index in [-0.39, 0.29) is 0 Å². The molecule has 1 N–H and O–H groups in total. The Bertz CT molecular complexity index is 492. The SMILES string of the molecule is Clc1csc(NC2CCCc3sccc32)n1. The number of thiazole rings is 1. The number of fused-ring (bicyclic) bond motifs is 1. The molecule has 16 heavy (non-hydrogen) atoms. The molecular weight excluding hydrogens is 260 g/mol. The number of hydrogen-bond donors (Lipinski definition) is 1. The van der Waals surface area contributed by atoms with E-state index in [1.807, 2.05) is 16.7 Å². The first-order valence-corrected chi connectivity index (χ1v) is 7.40. The lowest BCUT2D eigenvalue weighted by atomic mass is 9.94. The molecule has 0 bridgehead atoms. The summed E-state index contributed by atoms with van der Waals surface area (Å²) in [6, 6.07) is 2.64. The summed E-state index contributed by atoms with van der Waals surface area (Å²) in [6.07, 6.45) is 3.66. The highest BCUT2D eigenvalue weighted by molar-refractivity contribution is 7.14. The maximum absolute atomic E-state index is 5.82. The summed E-state index contributed by atoms with van der Waals surface area (Å²) in [5, 5.41) is 9.02. The van der Waals surface area contributed by atoms with Crippen LogP contribution in [0.3, 0.4) is 0 Å². The minimum atomic E-state index is 0.414. The third-order valence-corrected chi connectivity index (χ3v) is 4.92. The van der Waals surface area contributed by atoms with Gasteiger partial charge in [-0.3, -0.25) is 0 Å². The second kappa shape index (κ2) is 4.35.